The summed E-state index contributed by atoms with van der Waals surface area (Å²) in [5.74, 6) is 0.975. The van der Waals surface area contributed by atoms with Crippen LogP contribution in [0.2, 0.25) is 0 Å². The molecular weight excluding hydrogens is 805 g/mol. The van der Waals surface area contributed by atoms with Crippen molar-refractivity contribution < 1.29 is 0 Å². The van der Waals surface area contributed by atoms with Crippen LogP contribution in [0.1, 0.15) is 35.5 Å². The van der Waals surface area contributed by atoms with Crippen molar-refractivity contribution in [3.05, 3.63) is 184 Å². The van der Waals surface area contributed by atoms with Gasteiger partial charge in [-0.1, -0.05) is 72.8 Å². The Morgan fingerprint density at radius 3 is 2.06 bits per heavy atom. The van der Waals surface area contributed by atoms with Crippen molar-refractivity contribution in [2.24, 2.45) is 0 Å². The van der Waals surface area contributed by atoms with Crippen molar-refractivity contribution in [1.82, 2.24) is 59.0 Å². The number of aromatic amines is 2. The zero-order chi connectivity index (χ0) is 43.9. The van der Waals surface area contributed by atoms with Crippen LogP contribution in [0.3, 0.4) is 0 Å². The van der Waals surface area contributed by atoms with E-state index in [4.69, 9.17) is 10.8 Å². The molecule has 16 heteroatoms. The quantitative estimate of drug-likeness (QED) is 0.117. The molecule has 0 spiro atoms. The number of benzene rings is 4. The second-order valence-corrected chi connectivity index (χ2v) is 15.4. The molecule has 0 radical (unpaired) electrons. The van der Waals surface area contributed by atoms with Gasteiger partial charge in [-0.05, 0) is 79.1 Å². The molecule has 7 aromatic heterocycles. The summed E-state index contributed by atoms with van der Waals surface area (Å²) in [5, 5.41) is 19.0. The van der Waals surface area contributed by atoms with E-state index in [1.165, 1.54) is 12.7 Å². The molecule has 11 rings (SSSR count). The first-order valence-corrected chi connectivity index (χ1v) is 20.5. The van der Waals surface area contributed by atoms with E-state index in [-0.39, 0.29) is 17.2 Å². The maximum Gasteiger partial charge on any atom is 0.263 e. The van der Waals surface area contributed by atoms with E-state index in [0.717, 1.165) is 61.1 Å². The molecular formula is C48H40N14O2. The zero-order valence-electron chi connectivity index (χ0n) is 34.9. The number of aryl methyl sites for hydroxylation is 2. The molecule has 1 unspecified atom stereocenters. The molecule has 314 valence electrons. The normalized spacial score (nSPS) is 11.9. The summed E-state index contributed by atoms with van der Waals surface area (Å²) in [6.45, 7) is 6.24. The smallest absolute Gasteiger partial charge is 0.263 e. The van der Waals surface area contributed by atoms with Gasteiger partial charge in [0.2, 0.25) is 0 Å². The SMILES string of the molecule is Cc1cccc2cc(C(C)Nc3ncnc4nc[nH]c34)n(-c3ccccc3)c(=O)c12.Cc1cccc2cc(Cn3nc(-c4cn[nH]c4)c4c(N)ncnc43)n(-c3ccccc3)c(=O)c12. The van der Waals surface area contributed by atoms with Crippen LogP contribution in [-0.2, 0) is 6.54 Å². The fourth-order valence-corrected chi connectivity index (χ4v) is 8.31. The summed E-state index contributed by atoms with van der Waals surface area (Å²) in [5.41, 5.74) is 14.6. The number of fused-ring (bicyclic) bond motifs is 4. The Morgan fingerprint density at radius 1 is 0.719 bits per heavy atom. The number of nitrogens with one attached hydrogen (secondary N) is 3. The summed E-state index contributed by atoms with van der Waals surface area (Å²) in [6.07, 6.45) is 7.91. The number of pyridine rings is 2. The Kier molecular flexibility index (Phi) is 9.99. The number of hydrogen-bond donors (Lipinski definition) is 4. The molecule has 0 aliphatic rings. The number of H-pyrrole nitrogens is 2. The lowest BCUT2D eigenvalue weighted by molar-refractivity contribution is 0.672. The Morgan fingerprint density at radius 2 is 1.38 bits per heavy atom. The van der Waals surface area contributed by atoms with Gasteiger partial charge >= 0.3 is 0 Å². The molecule has 0 saturated carbocycles. The summed E-state index contributed by atoms with van der Waals surface area (Å²) < 4.78 is 5.27. The number of anilines is 2. The number of rotatable bonds is 8. The van der Waals surface area contributed by atoms with Gasteiger partial charge in [0.15, 0.2) is 17.1 Å². The highest BCUT2D eigenvalue weighted by Gasteiger charge is 2.22. The van der Waals surface area contributed by atoms with Crippen LogP contribution in [0.15, 0.2) is 150 Å². The summed E-state index contributed by atoms with van der Waals surface area (Å²) in [7, 11) is 0. The van der Waals surface area contributed by atoms with Crippen molar-refractivity contribution in [2.45, 2.75) is 33.4 Å². The molecule has 16 nitrogen and oxygen atoms in total. The number of nitrogens with two attached hydrogens (primary N) is 1. The first kappa shape index (κ1) is 39.4. The summed E-state index contributed by atoms with van der Waals surface area (Å²) in [4.78, 5) is 51.7. The number of nitrogens with zero attached hydrogens (tertiary/aromatic N) is 10. The van der Waals surface area contributed by atoms with Crippen molar-refractivity contribution in [2.75, 3.05) is 11.1 Å². The molecule has 11 aromatic rings. The average molecular weight is 845 g/mol. The van der Waals surface area contributed by atoms with Gasteiger partial charge in [0, 0.05) is 34.5 Å². The van der Waals surface area contributed by atoms with Gasteiger partial charge in [-0.15, -0.1) is 0 Å². The van der Waals surface area contributed by atoms with Gasteiger partial charge in [-0.2, -0.15) is 10.2 Å². The van der Waals surface area contributed by atoms with Crippen LogP contribution >= 0.6 is 0 Å². The van der Waals surface area contributed by atoms with E-state index in [2.05, 4.69) is 51.5 Å². The molecule has 5 N–H and O–H groups in total. The van der Waals surface area contributed by atoms with Crippen molar-refractivity contribution in [1.29, 1.82) is 0 Å². The third-order valence-electron chi connectivity index (χ3n) is 11.3. The zero-order valence-corrected chi connectivity index (χ0v) is 34.9. The monoisotopic (exact) mass is 844 g/mol. The van der Waals surface area contributed by atoms with Crippen molar-refractivity contribution in [3.63, 3.8) is 0 Å². The topological polar surface area (TPSA) is 209 Å². The molecule has 0 fully saturated rings. The van der Waals surface area contributed by atoms with Gasteiger partial charge in [0.25, 0.3) is 11.1 Å². The van der Waals surface area contributed by atoms with E-state index in [1.807, 2.05) is 124 Å². The second kappa shape index (κ2) is 16.2. The highest BCUT2D eigenvalue weighted by molar-refractivity contribution is 5.98. The minimum absolute atomic E-state index is 0.0326. The summed E-state index contributed by atoms with van der Waals surface area (Å²) >= 11 is 0. The first-order valence-electron chi connectivity index (χ1n) is 20.5. The van der Waals surface area contributed by atoms with Gasteiger partial charge in [-0.3, -0.25) is 23.8 Å². The Labute approximate surface area is 364 Å². The predicted octanol–water partition coefficient (Wildman–Crippen LogP) is 7.60. The van der Waals surface area contributed by atoms with Gasteiger partial charge in [0.1, 0.15) is 29.7 Å². The number of aromatic nitrogens is 12. The van der Waals surface area contributed by atoms with E-state index < -0.39 is 0 Å². The van der Waals surface area contributed by atoms with Crippen LogP contribution in [0, 0.1) is 13.8 Å². The molecule has 0 aliphatic heterocycles. The second-order valence-electron chi connectivity index (χ2n) is 15.4. The Bertz CT molecular complexity index is 3610. The highest BCUT2D eigenvalue weighted by atomic mass is 16.1. The Hall–Kier alpha value is -8.79. The number of imidazole rings is 1. The molecule has 1 atom stereocenters. The molecule has 0 aliphatic carbocycles. The van der Waals surface area contributed by atoms with E-state index in [9.17, 15) is 9.59 Å². The highest BCUT2D eigenvalue weighted by Crippen LogP contribution is 2.31. The lowest BCUT2D eigenvalue weighted by Crippen LogP contribution is -2.26. The lowest BCUT2D eigenvalue weighted by atomic mass is 10.0. The van der Waals surface area contributed by atoms with Gasteiger partial charge in [0.05, 0.1) is 41.3 Å². The number of hydrogen-bond acceptors (Lipinski definition) is 11. The molecule has 64 heavy (non-hydrogen) atoms. The van der Waals surface area contributed by atoms with Crippen LogP contribution in [0.4, 0.5) is 11.6 Å². The molecule has 0 bridgehead atoms. The summed E-state index contributed by atoms with van der Waals surface area (Å²) in [6, 6.07) is 35.0. The van der Waals surface area contributed by atoms with Crippen LogP contribution < -0.4 is 22.2 Å². The Balaban J connectivity index is 0.000000153. The molecule has 0 saturated heterocycles. The number of para-hydroxylation sites is 2. The first-order chi connectivity index (χ1) is 31.2. The van der Waals surface area contributed by atoms with Gasteiger partial charge < -0.3 is 16.0 Å². The molecule has 7 heterocycles. The van der Waals surface area contributed by atoms with Crippen molar-refractivity contribution in [3.8, 4) is 22.6 Å². The third kappa shape index (κ3) is 6.97. The standard InChI is InChI=1S/C25H20N8O.C23H20N6O/c1-15-6-5-7-16-10-19(33(25(34)20(15)16)18-8-3-2-4-9-18)13-32-24-21(23(26)27-14-28-24)22(31-32)17-11-29-30-12-17;1-14-7-6-8-16-11-18(29(23(30)19(14)16)17-9-4-3-5-10-17)15(2)28-22-20-21(25-12-24-20)26-13-27-22/h2-12,14H,13H2,1H3,(H,29,30)(H2,26,27,28);3-13,15H,1-2H3,(H2,24,25,26,27,28). The van der Waals surface area contributed by atoms with Crippen molar-refractivity contribution >= 4 is 55.4 Å². The average Bonchev–Trinajstić information content (AvgIpc) is 4.10. The fourth-order valence-electron chi connectivity index (χ4n) is 8.31. The van der Waals surface area contributed by atoms with E-state index >= 15 is 0 Å². The number of nitrogen functional groups attached to an aromatic ring is 1. The molecule has 0 amide bonds. The van der Waals surface area contributed by atoms with Crippen LogP contribution in [0.5, 0.6) is 0 Å². The van der Waals surface area contributed by atoms with E-state index in [0.29, 0.717) is 45.9 Å². The predicted molar refractivity (Wildman–Crippen MR) is 249 cm³/mol. The van der Waals surface area contributed by atoms with E-state index in [1.54, 1.807) is 32.5 Å². The van der Waals surface area contributed by atoms with Crippen LogP contribution in [-0.4, -0.2) is 59.0 Å². The maximum atomic E-state index is 13.7. The maximum absolute atomic E-state index is 13.7. The largest absolute Gasteiger partial charge is 0.383 e. The van der Waals surface area contributed by atoms with Gasteiger partial charge in [-0.25, -0.2) is 29.6 Å². The minimum Gasteiger partial charge on any atom is -0.383 e. The fraction of sp³-hybridized carbons (Fsp3) is 0.104. The lowest BCUT2D eigenvalue weighted by Gasteiger charge is -2.21. The third-order valence-corrected chi connectivity index (χ3v) is 11.3. The minimum atomic E-state index is -0.204. The van der Waals surface area contributed by atoms with Crippen LogP contribution in [0.25, 0.3) is 66.4 Å². The molecule has 4 aromatic carbocycles.